The van der Waals surface area contributed by atoms with Gasteiger partial charge in [0.1, 0.15) is 17.4 Å². The lowest BCUT2D eigenvalue weighted by atomic mass is 10.0. The molecule has 0 bridgehead atoms. The lowest BCUT2D eigenvalue weighted by Gasteiger charge is -2.14. The fraction of sp³-hybridized carbons (Fsp3) is 0.200. The van der Waals surface area contributed by atoms with Gasteiger partial charge in [-0.05, 0) is 29.7 Å². The van der Waals surface area contributed by atoms with E-state index in [0.29, 0.717) is 26.9 Å². The van der Waals surface area contributed by atoms with E-state index in [2.05, 4.69) is 0 Å². The van der Waals surface area contributed by atoms with Crippen molar-refractivity contribution in [2.24, 2.45) is 0 Å². The van der Waals surface area contributed by atoms with E-state index in [0.717, 1.165) is 6.07 Å². The molecule has 0 spiro atoms. The first-order valence-electron chi connectivity index (χ1n) is 6.03. The van der Waals surface area contributed by atoms with Crippen molar-refractivity contribution in [1.29, 1.82) is 0 Å². The van der Waals surface area contributed by atoms with Crippen LogP contribution < -0.4 is 4.74 Å². The van der Waals surface area contributed by atoms with E-state index in [4.69, 9.17) is 39.5 Å². The normalized spacial score (nSPS) is 12.3. The van der Waals surface area contributed by atoms with Gasteiger partial charge in [-0.1, -0.05) is 29.3 Å². The third-order valence-corrected chi connectivity index (χ3v) is 4.03. The molecular formula is C15H11Cl3F2O. The minimum atomic E-state index is -0.642. The quantitative estimate of drug-likeness (QED) is 0.632. The van der Waals surface area contributed by atoms with E-state index in [1.165, 1.54) is 19.2 Å². The molecule has 0 radical (unpaired) electrons. The van der Waals surface area contributed by atoms with Crippen LogP contribution in [0.1, 0.15) is 16.5 Å². The number of rotatable bonds is 4. The molecule has 1 atom stereocenters. The average Bonchev–Trinajstić information content (AvgIpc) is 2.43. The summed E-state index contributed by atoms with van der Waals surface area (Å²) in [5.74, 6) is -0.841. The summed E-state index contributed by atoms with van der Waals surface area (Å²) in [6.07, 6.45) is 0.163. The molecule has 2 rings (SSSR count). The van der Waals surface area contributed by atoms with Gasteiger partial charge in [0.15, 0.2) is 0 Å². The van der Waals surface area contributed by atoms with Crippen LogP contribution in [0.2, 0.25) is 10.0 Å². The molecule has 0 aliphatic carbocycles. The number of hydrogen-bond donors (Lipinski definition) is 0. The largest absolute Gasteiger partial charge is 0.495 e. The van der Waals surface area contributed by atoms with Crippen molar-refractivity contribution >= 4 is 34.8 Å². The first-order chi connectivity index (χ1) is 9.92. The molecular weight excluding hydrogens is 341 g/mol. The van der Waals surface area contributed by atoms with E-state index in [9.17, 15) is 8.78 Å². The molecule has 112 valence electrons. The second-order valence-electron chi connectivity index (χ2n) is 4.42. The van der Waals surface area contributed by atoms with Crippen molar-refractivity contribution in [3.63, 3.8) is 0 Å². The van der Waals surface area contributed by atoms with Crippen LogP contribution >= 0.6 is 34.8 Å². The monoisotopic (exact) mass is 350 g/mol. The Balaban J connectivity index is 2.28. The van der Waals surface area contributed by atoms with E-state index >= 15 is 0 Å². The van der Waals surface area contributed by atoms with E-state index in [1.54, 1.807) is 12.1 Å². The molecule has 0 amide bonds. The maximum absolute atomic E-state index is 13.6. The number of ether oxygens (including phenoxy) is 1. The highest BCUT2D eigenvalue weighted by Crippen LogP contribution is 2.37. The topological polar surface area (TPSA) is 9.23 Å². The minimum Gasteiger partial charge on any atom is -0.495 e. The SMILES string of the molecule is COc1cc(Cl)c(C(Cl)Cc2ccc(F)cc2F)cc1Cl. The Morgan fingerprint density at radius 3 is 2.43 bits per heavy atom. The molecule has 0 aliphatic rings. The minimum absolute atomic E-state index is 0.163. The number of alkyl halides is 1. The van der Waals surface area contributed by atoms with Crippen molar-refractivity contribution in [3.8, 4) is 5.75 Å². The number of hydrogen-bond acceptors (Lipinski definition) is 1. The Morgan fingerprint density at radius 2 is 1.81 bits per heavy atom. The highest BCUT2D eigenvalue weighted by Gasteiger charge is 2.17. The zero-order valence-corrected chi connectivity index (χ0v) is 13.2. The van der Waals surface area contributed by atoms with Gasteiger partial charge in [-0.3, -0.25) is 0 Å². The third-order valence-electron chi connectivity index (χ3n) is 3.02. The van der Waals surface area contributed by atoms with Crippen LogP contribution in [-0.4, -0.2) is 7.11 Å². The molecule has 1 unspecified atom stereocenters. The predicted octanol–water partition coefficient (Wildman–Crippen LogP) is 5.80. The Bertz CT molecular complexity index is 662. The Morgan fingerprint density at radius 1 is 1.10 bits per heavy atom. The van der Waals surface area contributed by atoms with Gasteiger partial charge in [-0.15, -0.1) is 11.6 Å². The maximum Gasteiger partial charge on any atom is 0.138 e. The molecule has 0 heterocycles. The summed E-state index contributed by atoms with van der Waals surface area (Å²) < 4.78 is 31.6. The first-order valence-corrected chi connectivity index (χ1v) is 7.22. The lowest BCUT2D eigenvalue weighted by Crippen LogP contribution is -2.00. The molecule has 1 nitrogen and oxygen atoms in total. The van der Waals surface area contributed by atoms with E-state index in [1.807, 2.05) is 0 Å². The fourth-order valence-electron chi connectivity index (χ4n) is 1.93. The summed E-state index contributed by atoms with van der Waals surface area (Å²) in [7, 11) is 1.48. The highest BCUT2D eigenvalue weighted by molar-refractivity contribution is 6.35. The molecule has 6 heteroatoms. The molecule has 0 saturated heterocycles. The van der Waals surface area contributed by atoms with Crippen LogP contribution in [0.3, 0.4) is 0 Å². The number of halogens is 5. The van der Waals surface area contributed by atoms with Crippen LogP contribution in [0.5, 0.6) is 5.75 Å². The molecule has 0 N–H and O–H groups in total. The van der Waals surface area contributed by atoms with Gasteiger partial charge in [0, 0.05) is 17.2 Å². The van der Waals surface area contributed by atoms with E-state index < -0.39 is 17.0 Å². The summed E-state index contributed by atoms with van der Waals surface area (Å²) in [5, 5.41) is 0.141. The van der Waals surface area contributed by atoms with Crippen LogP contribution in [-0.2, 0) is 6.42 Å². The summed E-state index contributed by atoms with van der Waals surface area (Å²) >= 11 is 18.4. The van der Waals surface area contributed by atoms with Crippen LogP contribution in [0.15, 0.2) is 30.3 Å². The maximum atomic E-state index is 13.6. The Labute approximate surface area is 136 Å². The second kappa shape index (κ2) is 6.82. The smallest absolute Gasteiger partial charge is 0.138 e. The molecule has 0 saturated carbocycles. The fourth-order valence-corrected chi connectivity index (χ4v) is 2.87. The van der Waals surface area contributed by atoms with Crippen LogP contribution in [0.25, 0.3) is 0 Å². The summed E-state index contributed by atoms with van der Waals surface area (Å²) in [4.78, 5) is 0. The standard InChI is InChI=1S/C15H11Cl3F2O/c1-21-15-7-12(17)10(6-13(15)18)11(16)4-8-2-3-9(19)5-14(8)20/h2-3,5-7,11H,4H2,1H3. The second-order valence-corrected chi connectivity index (χ2v) is 5.76. The average molecular weight is 352 g/mol. The number of benzene rings is 2. The van der Waals surface area contributed by atoms with Crippen LogP contribution in [0, 0.1) is 11.6 Å². The Hall–Kier alpha value is -1.03. The van der Waals surface area contributed by atoms with Gasteiger partial charge in [-0.2, -0.15) is 0 Å². The van der Waals surface area contributed by atoms with Gasteiger partial charge < -0.3 is 4.74 Å². The third kappa shape index (κ3) is 3.79. The van der Waals surface area contributed by atoms with Crippen molar-refractivity contribution < 1.29 is 13.5 Å². The molecule has 21 heavy (non-hydrogen) atoms. The van der Waals surface area contributed by atoms with Crippen LogP contribution in [0.4, 0.5) is 8.78 Å². The highest BCUT2D eigenvalue weighted by atomic mass is 35.5. The molecule has 0 fully saturated rings. The molecule has 2 aromatic carbocycles. The summed E-state index contributed by atoms with van der Waals surface area (Å²) in [6.45, 7) is 0. The van der Waals surface area contributed by atoms with Crippen molar-refractivity contribution in [1.82, 2.24) is 0 Å². The zero-order valence-electron chi connectivity index (χ0n) is 11.0. The summed E-state index contributed by atoms with van der Waals surface area (Å²) in [6, 6.07) is 6.50. The van der Waals surface area contributed by atoms with Gasteiger partial charge >= 0.3 is 0 Å². The van der Waals surface area contributed by atoms with E-state index in [-0.39, 0.29) is 6.42 Å². The van der Waals surface area contributed by atoms with Gasteiger partial charge in [0.25, 0.3) is 0 Å². The molecule has 2 aromatic rings. The predicted molar refractivity (Wildman–Crippen MR) is 81.7 cm³/mol. The van der Waals surface area contributed by atoms with Crippen molar-refractivity contribution in [2.75, 3.05) is 7.11 Å². The first kappa shape index (κ1) is 16.3. The number of methoxy groups -OCH3 is 1. The zero-order chi connectivity index (χ0) is 15.6. The Kier molecular flexibility index (Phi) is 5.31. The van der Waals surface area contributed by atoms with Gasteiger partial charge in [0.2, 0.25) is 0 Å². The van der Waals surface area contributed by atoms with Gasteiger partial charge in [-0.25, -0.2) is 8.78 Å². The lowest BCUT2D eigenvalue weighted by molar-refractivity contribution is 0.415. The van der Waals surface area contributed by atoms with Gasteiger partial charge in [0.05, 0.1) is 17.5 Å². The molecule has 0 aromatic heterocycles. The van der Waals surface area contributed by atoms with Crippen molar-refractivity contribution in [3.05, 3.63) is 63.1 Å². The van der Waals surface area contributed by atoms with Crippen molar-refractivity contribution in [2.45, 2.75) is 11.8 Å². The molecule has 0 aliphatic heterocycles. The summed E-state index contributed by atoms with van der Waals surface area (Å²) in [5.41, 5.74) is 0.868.